The van der Waals surface area contributed by atoms with E-state index >= 15 is 0 Å². The predicted octanol–water partition coefficient (Wildman–Crippen LogP) is 2.35. The molecule has 0 saturated carbocycles. The summed E-state index contributed by atoms with van der Waals surface area (Å²) in [5.74, 6) is 0.401. The third kappa shape index (κ3) is 4.06. The SMILES string of the molecule is COc1cc2ncc(-c3ccc(NS(C)(=O)=O)nc3)n2cc1S(=O)(=O)C(C)(C)C. The molecule has 0 aliphatic heterocycles. The normalized spacial score (nSPS) is 12.9. The standard InChI is InChI=1S/C18H22N4O5S2/c1-18(2,3)29(25,26)15-11-22-13(10-20-17(22)8-14(15)27-4)12-6-7-16(19-9-12)21-28(5,23)24/h6-11H,1-5H3,(H,19,21). The number of anilines is 1. The summed E-state index contributed by atoms with van der Waals surface area (Å²) in [5.41, 5.74) is 1.75. The third-order valence-electron chi connectivity index (χ3n) is 4.24. The predicted molar refractivity (Wildman–Crippen MR) is 110 cm³/mol. The van der Waals surface area contributed by atoms with Gasteiger partial charge >= 0.3 is 0 Å². The largest absolute Gasteiger partial charge is 0.495 e. The Kier molecular flexibility index (Phi) is 5.08. The molecule has 1 N–H and O–H groups in total. The molecule has 3 aromatic rings. The molecule has 0 amide bonds. The van der Waals surface area contributed by atoms with E-state index in [4.69, 9.17) is 4.74 Å². The number of sulfone groups is 1. The molecule has 9 nitrogen and oxygen atoms in total. The fraction of sp³-hybridized carbons (Fsp3) is 0.333. The molecule has 0 fully saturated rings. The number of rotatable bonds is 5. The Balaban J connectivity index is 2.15. The summed E-state index contributed by atoms with van der Waals surface area (Å²) in [6.45, 7) is 4.87. The summed E-state index contributed by atoms with van der Waals surface area (Å²) in [7, 11) is -5.70. The molecular formula is C18H22N4O5S2. The van der Waals surface area contributed by atoms with Crippen molar-refractivity contribution in [1.82, 2.24) is 14.4 Å². The maximum atomic E-state index is 13.0. The van der Waals surface area contributed by atoms with Gasteiger partial charge in [0.25, 0.3) is 0 Å². The Bertz CT molecular complexity index is 1270. The summed E-state index contributed by atoms with van der Waals surface area (Å²) in [6, 6.07) is 4.76. The number of sulfonamides is 1. The van der Waals surface area contributed by atoms with E-state index in [1.165, 1.54) is 25.6 Å². The van der Waals surface area contributed by atoms with Crippen LogP contribution < -0.4 is 9.46 Å². The van der Waals surface area contributed by atoms with Crippen LogP contribution in [0, 0.1) is 0 Å². The number of nitrogens with zero attached hydrogens (tertiary/aromatic N) is 3. The summed E-state index contributed by atoms with van der Waals surface area (Å²) in [5, 5.41) is 0. The lowest BCUT2D eigenvalue weighted by Crippen LogP contribution is -2.28. The van der Waals surface area contributed by atoms with Crippen LogP contribution >= 0.6 is 0 Å². The lowest BCUT2D eigenvalue weighted by Gasteiger charge is -2.21. The van der Waals surface area contributed by atoms with E-state index in [-0.39, 0.29) is 16.5 Å². The molecule has 29 heavy (non-hydrogen) atoms. The molecular weight excluding hydrogens is 416 g/mol. The molecule has 0 aromatic carbocycles. The van der Waals surface area contributed by atoms with Crippen molar-refractivity contribution in [3.8, 4) is 17.0 Å². The van der Waals surface area contributed by atoms with E-state index in [0.717, 1.165) is 6.26 Å². The van der Waals surface area contributed by atoms with Crippen LogP contribution in [0.15, 0.2) is 41.7 Å². The monoisotopic (exact) mass is 438 g/mol. The van der Waals surface area contributed by atoms with Gasteiger partial charge in [-0.05, 0) is 32.9 Å². The zero-order valence-electron chi connectivity index (χ0n) is 16.7. The highest BCUT2D eigenvalue weighted by Gasteiger charge is 2.34. The summed E-state index contributed by atoms with van der Waals surface area (Å²) in [6.07, 6.45) is 5.60. The van der Waals surface area contributed by atoms with E-state index in [1.54, 1.807) is 43.5 Å². The van der Waals surface area contributed by atoms with E-state index in [2.05, 4.69) is 14.7 Å². The number of imidazole rings is 1. The van der Waals surface area contributed by atoms with Crippen molar-refractivity contribution < 1.29 is 21.6 Å². The molecule has 0 radical (unpaired) electrons. The van der Waals surface area contributed by atoms with Crippen molar-refractivity contribution in [1.29, 1.82) is 0 Å². The Hall–Kier alpha value is -2.66. The number of aromatic nitrogens is 3. The highest BCUT2D eigenvalue weighted by Crippen LogP contribution is 2.34. The van der Waals surface area contributed by atoms with Gasteiger partial charge in [-0.1, -0.05) is 0 Å². The van der Waals surface area contributed by atoms with Crippen LogP contribution in [-0.2, 0) is 19.9 Å². The van der Waals surface area contributed by atoms with Gasteiger partial charge < -0.3 is 4.74 Å². The second kappa shape index (κ2) is 6.99. The summed E-state index contributed by atoms with van der Waals surface area (Å²) < 4.78 is 56.9. The maximum Gasteiger partial charge on any atom is 0.230 e. The van der Waals surface area contributed by atoms with Gasteiger partial charge in [-0.3, -0.25) is 9.12 Å². The van der Waals surface area contributed by atoms with E-state index < -0.39 is 24.6 Å². The minimum absolute atomic E-state index is 0.0579. The Labute approximate surface area is 169 Å². The first-order chi connectivity index (χ1) is 13.3. The second-order valence-corrected chi connectivity index (χ2v) is 11.9. The Morgan fingerprint density at radius 2 is 1.76 bits per heavy atom. The molecule has 0 aliphatic rings. The zero-order chi connectivity index (χ0) is 21.6. The molecule has 0 unspecified atom stereocenters. The van der Waals surface area contributed by atoms with Gasteiger partial charge in [-0.2, -0.15) is 0 Å². The fourth-order valence-corrected chi connectivity index (χ4v) is 4.50. The maximum absolute atomic E-state index is 13.0. The average molecular weight is 439 g/mol. The molecule has 0 aliphatic carbocycles. The number of hydrogen-bond donors (Lipinski definition) is 1. The molecule has 0 bridgehead atoms. The number of nitrogens with one attached hydrogen (secondary N) is 1. The quantitative estimate of drug-likeness (QED) is 0.649. The highest BCUT2D eigenvalue weighted by molar-refractivity contribution is 7.93. The van der Waals surface area contributed by atoms with Crippen LogP contribution in [0.3, 0.4) is 0 Å². The lowest BCUT2D eigenvalue weighted by molar-refractivity contribution is 0.401. The van der Waals surface area contributed by atoms with E-state index in [1.807, 2.05) is 0 Å². The smallest absolute Gasteiger partial charge is 0.230 e. The number of ether oxygens (including phenoxy) is 1. The second-order valence-electron chi connectivity index (χ2n) is 7.50. The van der Waals surface area contributed by atoms with Crippen LogP contribution in [0.1, 0.15) is 20.8 Å². The molecule has 3 rings (SSSR count). The molecule has 0 saturated heterocycles. The van der Waals surface area contributed by atoms with Crippen LogP contribution in [0.2, 0.25) is 0 Å². The molecule has 0 spiro atoms. The fourth-order valence-electron chi connectivity index (χ4n) is 2.69. The lowest BCUT2D eigenvalue weighted by atomic mass is 10.2. The van der Waals surface area contributed by atoms with Crippen molar-refractivity contribution in [2.24, 2.45) is 0 Å². The number of hydrogen-bond acceptors (Lipinski definition) is 7. The molecule has 156 valence electrons. The van der Waals surface area contributed by atoms with E-state index in [9.17, 15) is 16.8 Å². The van der Waals surface area contributed by atoms with Crippen molar-refractivity contribution in [3.63, 3.8) is 0 Å². The third-order valence-corrected chi connectivity index (χ3v) is 7.32. The van der Waals surface area contributed by atoms with Gasteiger partial charge in [-0.25, -0.2) is 26.8 Å². The van der Waals surface area contributed by atoms with Gasteiger partial charge in [0.1, 0.15) is 22.1 Å². The minimum Gasteiger partial charge on any atom is -0.495 e. The number of pyridine rings is 2. The van der Waals surface area contributed by atoms with Gasteiger partial charge in [0.05, 0.1) is 30.0 Å². The molecule has 0 atom stereocenters. The summed E-state index contributed by atoms with van der Waals surface area (Å²) in [4.78, 5) is 8.47. The zero-order valence-corrected chi connectivity index (χ0v) is 18.3. The Morgan fingerprint density at radius 3 is 2.28 bits per heavy atom. The van der Waals surface area contributed by atoms with Crippen molar-refractivity contribution in [2.45, 2.75) is 30.4 Å². The first-order valence-corrected chi connectivity index (χ1v) is 11.9. The van der Waals surface area contributed by atoms with Gasteiger partial charge in [0.2, 0.25) is 10.0 Å². The molecule has 3 heterocycles. The first-order valence-electron chi connectivity index (χ1n) is 8.57. The van der Waals surface area contributed by atoms with E-state index in [0.29, 0.717) is 16.9 Å². The topological polar surface area (TPSA) is 120 Å². The highest BCUT2D eigenvalue weighted by atomic mass is 32.2. The van der Waals surface area contributed by atoms with Gasteiger partial charge in [-0.15, -0.1) is 0 Å². The summed E-state index contributed by atoms with van der Waals surface area (Å²) >= 11 is 0. The number of methoxy groups -OCH3 is 1. The van der Waals surface area contributed by atoms with Crippen LogP contribution in [0.5, 0.6) is 5.75 Å². The van der Waals surface area contributed by atoms with Crippen molar-refractivity contribution in [2.75, 3.05) is 18.1 Å². The number of fused-ring (bicyclic) bond motifs is 1. The van der Waals surface area contributed by atoms with Crippen LogP contribution in [0.25, 0.3) is 16.9 Å². The molecule has 3 aromatic heterocycles. The van der Waals surface area contributed by atoms with Gasteiger partial charge in [0, 0.05) is 24.0 Å². The van der Waals surface area contributed by atoms with Crippen LogP contribution in [0.4, 0.5) is 5.82 Å². The average Bonchev–Trinajstić information content (AvgIpc) is 3.01. The van der Waals surface area contributed by atoms with Gasteiger partial charge in [0.15, 0.2) is 9.84 Å². The Morgan fingerprint density at radius 1 is 1.07 bits per heavy atom. The first kappa shape index (κ1) is 21.1. The van der Waals surface area contributed by atoms with Crippen LogP contribution in [-0.4, -0.2) is 49.3 Å². The molecule has 11 heteroatoms. The minimum atomic E-state index is -3.68. The van der Waals surface area contributed by atoms with Crippen molar-refractivity contribution >= 4 is 31.3 Å². The van der Waals surface area contributed by atoms with Crippen molar-refractivity contribution in [3.05, 3.63) is 36.8 Å².